The number of nitrogens with one attached hydrogen (secondary N) is 1. The first kappa shape index (κ1) is 14.0. The molecular weight excluding hydrogens is 245 g/mol. The van der Waals surface area contributed by atoms with Crippen LogP contribution in [-0.4, -0.2) is 23.1 Å². The summed E-state index contributed by atoms with van der Waals surface area (Å²) in [5.41, 5.74) is 2.77. The number of hydrogen-bond acceptors (Lipinski definition) is 5. The maximum atomic E-state index is 13.8. The molecule has 0 aromatic carbocycles. The molecule has 0 atom stereocenters. The normalized spacial score (nSPS) is 18.4. The lowest BCUT2D eigenvalue weighted by atomic mass is 9.74. The van der Waals surface area contributed by atoms with Crippen LogP contribution in [0.5, 0.6) is 0 Å². The van der Waals surface area contributed by atoms with Gasteiger partial charge in [-0.05, 0) is 18.3 Å². The summed E-state index contributed by atoms with van der Waals surface area (Å²) in [6.07, 6.45) is 5.68. The minimum Gasteiger partial charge on any atom is -0.354 e. The summed E-state index contributed by atoms with van der Waals surface area (Å²) in [7, 11) is 0. The van der Waals surface area contributed by atoms with Crippen LogP contribution in [0, 0.1) is 11.2 Å². The van der Waals surface area contributed by atoms with Gasteiger partial charge < -0.3 is 4.90 Å². The van der Waals surface area contributed by atoms with E-state index < -0.39 is 0 Å². The van der Waals surface area contributed by atoms with Crippen LogP contribution in [0.2, 0.25) is 0 Å². The second-order valence-corrected chi connectivity index (χ2v) is 5.20. The summed E-state index contributed by atoms with van der Waals surface area (Å²) < 4.78 is 13.8. The lowest BCUT2D eigenvalue weighted by Gasteiger charge is -2.41. The number of anilines is 2. The third-order valence-electron chi connectivity index (χ3n) is 4.48. The van der Waals surface area contributed by atoms with Gasteiger partial charge in [0.25, 0.3) is 0 Å². The Balaban J connectivity index is 2.13. The number of aromatic nitrogens is 2. The maximum Gasteiger partial charge on any atom is 0.239 e. The quantitative estimate of drug-likeness (QED) is 0.647. The summed E-state index contributed by atoms with van der Waals surface area (Å²) in [6.45, 7) is 6.14. The van der Waals surface area contributed by atoms with Crippen molar-refractivity contribution < 1.29 is 4.39 Å². The molecule has 1 aliphatic rings. The van der Waals surface area contributed by atoms with Crippen LogP contribution in [0.1, 0.15) is 39.5 Å². The number of nitrogens with zero attached hydrogens (tertiary/aromatic N) is 3. The zero-order chi connectivity index (χ0) is 13.9. The van der Waals surface area contributed by atoms with Gasteiger partial charge in [-0.2, -0.15) is 4.98 Å². The molecule has 2 rings (SSSR count). The SMILES string of the molecule is CCC1(CC)CCN(c2nc(NN)ncc2F)CC1. The molecule has 3 N–H and O–H groups in total. The van der Waals surface area contributed by atoms with E-state index in [1.54, 1.807) is 0 Å². The molecule has 0 bridgehead atoms. The Morgan fingerprint density at radius 1 is 1.37 bits per heavy atom. The van der Waals surface area contributed by atoms with Gasteiger partial charge in [-0.15, -0.1) is 0 Å². The molecule has 0 unspecified atom stereocenters. The Bertz CT molecular complexity index is 423. The number of rotatable bonds is 4. The fourth-order valence-electron chi connectivity index (χ4n) is 2.80. The summed E-state index contributed by atoms with van der Waals surface area (Å²) in [5.74, 6) is 5.48. The van der Waals surface area contributed by atoms with E-state index in [1.807, 2.05) is 4.90 Å². The van der Waals surface area contributed by atoms with Gasteiger partial charge in [0.15, 0.2) is 11.6 Å². The highest BCUT2D eigenvalue weighted by Crippen LogP contribution is 2.39. The molecule has 0 radical (unpaired) electrons. The fourth-order valence-corrected chi connectivity index (χ4v) is 2.80. The lowest BCUT2D eigenvalue weighted by Crippen LogP contribution is -2.40. The third-order valence-corrected chi connectivity index (χ3v) is 4.48. The van der Waals surface area contributed by atoms with Crippen LogP contribution >= 0.6 is 0 Å². The van der Waals surface area contributed by atoms with E-state index in [0.717, 1.165) is 25.9 Å². The van der Waals surface area contributed by atoms with Gasteiger partial charge in [-0.1, -0.05) is 26.7 Å². The Morgan fingerprint density at radius 3 is 2.53 bits per heavy atom. The molecule has 1 aliphatic heterocycles. The molecule has 1 saturated heterocycles. The van der Waals surface area contributed by atoms with Gasteiger partial charge in [-0.25, -0.2) is 15.2 Å². The van der Waals surface area contributed by atoms with Crippen molar-refractivity contribution in [2.75, 3.05) is 23.4 Å². The van der Waals surface area contributed by atoms with Gasteiger partial charge in [0.1, 0.15) is 0 Å². The summed E-state index contributed by atoms with van der Waals surface area (Å²) >= 11 is 0. The topological polar surface area (TPSA) is 67.1 Å². The molecule has 19 heavy (non-hydrogen) atoms. The van der Waals surface area contributed by atoms with Crippen LogP contribution in [0.25, 0.3) is 0 Å². The maximum absolute atomic E-state index is 13.8. The van der Waals surface area contributed by atoms with Crippen molar-refractivity contribution in [2.45, 2.75) is 39.5 Å². The molecule has 2 heterocycles. The van der Waals surface area contributed by atoms with Gasteiger partial charge >= 0.3 is 0 Å². The van der Waals surface area contributed by atoms with Crippen molar-refractivity contribution in [3.63, 3.8) is 0 Å². The van der Waals surface area contributed by atoms with Crippen LogP contribution < -0.4 is 16.2 Å². The van der Waals surface area contributed by atoms with Crippen LogP contribution in [0.15, 0.2) is 6.20 Å². The molecule has 0 aliphatic carbocycles. The molecule has 0 amide bonds. The highest BCUT2D eigenvalue weighted by molar-refractivity contribution is 5.44. The molecule has 0 saturated carbocycles. The summed E-state index contributed by atoms with van der Waals surface area (Å²) in [6, 6.07) is 0. The molecule has 1 aromatic heterocycles. The van der Waals surface area contributed by atoms with Gasteiger partial charge in [-0.3, -0.25) is 5.43 Å². The van der Waals surface area contributed by atoms with E-state index in [1.165, 1.54) is 19.0 Å². The molecule has 5 nitrogen and oxygen atoms in total. The minimum absolute atomic E-state index is 0.249. The number of hydrogen-bond donors (Lipinski definition) is 2. The van der Waals surface area contributed by atoms with Crippen molar-refractivity contribution in [1.29, 1.82) is 0 Å². The van der Waals surface area contributed by atoms with Gasteiger partial charge in [0.2, 0.25) is 5.95 Å². The first-order chi connectivity index (χ1) is 9.14. The first-order valence-corrected chi connectivity index (χ1v) is 6.88. The van der Waals surface area contributed by atoms with Crippen LogP contribution in [-0.2, 0) is 0 Å². The Morgan fingerprint density at radius 2 is 2.00 bits per heavy atom. The Kier molecular flexibility index (Phi) is 4.19. The summed E-state index contributed by atoms with van der Waals surface area (Å²) in [5, 5.41) is 0. The minimum atomic E-state index is -0.389. The van der Waals surface area contributed by atoms with Crippen molar-refractivity contribution in [1.82, 2.24) is 9.97 Å². The largest absolute Gasteiger partial charge is 0.354 e. The Labute approximate surface area is 113 Å². The van der Waals surface area contributed by atoms with Gasteiger partial charge in [0.05, 0.1) is 6.20 Å². The van der Waals surface area contributed by atoms with E-state index >= 15 is 0 Å². The van der Waals surface area contributed by atoms with Crippen molar-refractivity contribution >= 4 is 11.8 Å². The standard InChI is InChI=1S/C13H22FN5/c1-3-13(4-2)5-7-19(8-6-13)11-10(14)9-16-12(17-11)18-15/h9H,3-8,15H2,1-2H3,(H,16,17,18). The average molecular weight is 267 g/mol. The smallest absolute Gasteiger partial charge is 0.239 e. The molecule has 1 aromatic rings. The van der Waals surface area contributed by atoms with E-state index in [0.29, 0.717) is 11.2 Å². The molecular formula is C13H22FN5. The second kappa shape index (κ2) is 5.69. The second-order valence-electron chi connectivity index (χ2n) is 5.20. The van der Waals surface area contributed by atoms with Gasteiger partial charge in [0, 0.05) is 13.1 Å². The first-order valence-electron chi connectivity index (χ1n) is 6.88. The molecule has 1 fully saturated rings. The predicted octanol–water partition coefficient (Wildman–Crippen LogP) is 2.31. The van der Waals surface area contributed by atoms with E-state index in [4.69, 9.17) is 5.84 Å². The highest BCUT2D eigenvalue weighted by Gasteiger charge is 2.32. The van der Waals surface area contributed by atoms with E-state index in [9.17, 15) is 4.39 Å². The van der Waals surface area contributed by atoms with Crippen molar-refractivity contribution in [3.05, 3.63) is 12.0 Å². The number of halogens is 1. The highest BCUT2D eigenvalue weighted by atomic mass is 19.1. The van der Waals surface area contributed by atoms with Crippen LogP contribution in [0.4, 0.5) is 16.2 Å². The zero-order valence-corrected chi connectivity index (χ0v) is 11.6. The number of piperidine rings is 1. The average Bonchev–Trinajstić information content (AvgIpc) is 2.48. The number of nitrogen functional groups attached to an aromatic ring is 1. The molecule has 0 spiro atoms. The van der Waals surface area contributed by atoms with Crippen LogP contribution in [0.3, 0.4) is 0 Å². The number of nitrogens with two attached hydrogens (primary N) is 1. The Hall–Kier alpha value is -1.43. The van der Waals surface area contributed by atoms with Crippen molar-refractivity contribution in [2.24, 2.45) is 11.3 Å². The summed E-state index contributed by atoms with van der Waals surface area (Å²) in [4.78, 5) is 9.87. The lowest BCUT2D eigenvalue weighted by molar-refractivity contribution is 0.198. The predicted molar refractivity (Wildman–Crippen MR) is 74.3 cm³/mol. The van der Waals surface area contributed by atoms with E-state index in [-0.39, 0.29) is 11.8 Å². The molecule has 106 valence electrons. The fraction of sp³-hybridized carbons (Fsp3) is 0.692. The third kappa shape index (κ3) is 2.78. The zero-order valence-electron chi connectivity index (χ0n) is 11.6. The molecule has 6 heteroatoms. The van der Waals surface area contributed by atoms with E-state index in [2.05, 4.69) is 29.2 Å². The number of hydrazine groups is 1. The monoisotopic (exact) mass is 267 g/mol. The van der Waals surface area contributed by atoms with Crippen molar-refractivity contribution in [3.8, 4) is 0 Å².